The van der Waals surface area contributed by atoms with E-state index in [9.17, 15) is 4.79 Å². The van der Waals surface area contributed by atoms with E-state index in [0.717, 1.165) is 12.8 Å². The van der Waals surface area contributed by atoms with Crippen LogP contribution in [0.1, 0.15) is 40.5 Å². The van der Waals surface area contributed by atoms with E-state index < -0.39 is 0 Å². The Bertz CT molecular complexity index is 331. The molecule has 0 spiro atoms. The molecule has 1 aliphatic heterocycles. The molecule has 84 valence electrons. The molecule has 1 nitrogen and oxygen atoms in total. The van der Waals surface area contributed by atoms with E-state index in [2.05, 4.69) is 34.3 Å². The van der Waals surface area contributed by atoms with Gasteiger partial charge >= 0.3 is 0 Å². The molecule has 2 heteroatoms. The summed E-state index contributed by atoms with van der Waals surface area (Å²) < 4.78 is 0.120. The Hall–Kier alpha value is -0.240. The van der Waals surface area contributed by atoms with E-state index in [4.69, 9.17) is 0 Å². The minimum absolute atomic E-state index is 0.120. The fourth-order valence-corrected chi connectivity index (χ4v) is 4.69. The highest BCUT2D eigenvalue weighted by molar-refractivity contribution is 8.01. The smallest absolute Gasteiger partial charge is 0.138 e. The number of thioether (sulfide) groups is 1. The zero-order chi connectivity index (χ0) is 11.4. The molecule has 1 saturated heterocycles. The first kappa shape index (κ1) is 11.3. The zero-order valence-electron chi connectivity index (χ0n) is 10.1. The first-order valence-electron chi connectivity index (χ1n) is 5.63. The molecule has 0 aromatic rings. The second kappa shape index (κ2) is 3.13. The van der Waals surface area contributed by atoms with Gasteiger partial charge in [-0.2, -0.15) is 11.8 Å². The molecule has 1 aliphatic carbocycles. The van der Waals surface area contributed by atoms with E-state index in [0.29, 0.717) is 17.0 Å². The number of carbonyl (C=O) groups is 1. The molecule has 1 heterocycles. The Morgan fingerprint density at radius 2 is 2.07 bits per heavy atom. The molecule has 2 fully saturated rings. The first-order valence-corrected chi connectivity index (χ1v) is 6.51. The molecule has 0 unspecified atom stereocenters. The van der Waals surface area contributed by atoms with E-state index in [1.54, 1.807) is 0 Å². The summed E-state index contributed by atoms with van der Waals surface area (Å²) in [6.07, 6.45) is 1.76. The van der Waals surface area contributed by atoms with Gasteiger partial charge in [0.15, 0.2) is 0 Å². The van der Waals surface area contributed by atoms with Gasteiger partial charge < -0.3 is 0 Å². The molecular formula is C13H20OS. The van der Waals surface area contributed by atoms with E-state index in [1.165, 1.54) is 5.57 Å². The number of fused-ring (bicyclic) bond motifs is 1. The van der Waals surface area contributed by atoms with Crippen molar-refractivity contribution in [2.75, 3.05) is 0 Å². The van der Waals surface area contributed by atoms with Crippen molar-refractivity contribution in [3.05, 3.63) is 12.2 Å². The van der Waals surface area contributed by atoms with Crippen molar-refractivity contribution in [1.29, 1.82) is 0 Å². The summed E-state index contributed by atoms with van der Waals surface area (Å²) in [5.74, 6) is 0.784. The van der Waals surface area contributed by atoms with Crippen molar-refractivity contribution in [2.24, 2.45) is 11.3 Å². The van der Waals surface area contributed by atoms with Gasteiger partial charge in [0.25, 0.3) is 0 Å². The van der Waals surface area contributed by atoms with Gasteiger partial charge in [0.1, 0.15) is 5.78 Å². The van der Waals surface area contributed by atoms with Crippen LogP contribution in [-0.4, -0.2) is 15.8 Å². The number of carbonyl (C=O) groups excluding carboxylic acids is 1. The van der Waals surface area contributed by atoms with Crippen LogP contribution in [0.5, 0.6) is 0 Å². The number of rotatable bonds is 1. The molecular weight excluding hydrogens is 204 g/mol. The lowest BCUT2D eigenvalue weighted by molar-refractivity contribution is -0.129. The summed E-state index contributed by atoms with van der Waals surface area (Å²) in [6, 6.07) is 0. The van der Waals surface area contributed by atoms with Gasteiger partial charge in [-0.05, 0) is 13.3 Å². The van der Waals surface area contributed by atoms with Gasteiger partial charge in [0.05, 0.1) is 0 Å². The summed E-state index contributed by atoms with van der Waals surface area (Å²) in [5, 5.41) is 0.478. The number of Topliss-reactive ketones (excluding diaryl/α,β-unsaturated/α-hetero) is 1. The van der Waals surface area contributed by atoms with E-state index in [1.807, 2.05) is 11.8 Å². The zero-order valence-corrected chi connectivity index (χ0v) is 10.9. The normalized spacial score (nSPS) is 43.1. The molecule has 0 aromatic heterocycles. The molecule has 2 rings (SSSR count). The van der Waals surface area contributed by atoms with Crippen molar-refractivity contribution < 1.29 is 4.79 Å². The Labute approximate surface area is 96.7 Å². The van der Waals surface area contributed by atoms with E-state index >= 15 is 0 Å². The summed E-state index contributed by atoms with van der Waals surface area (Å²) in [7, 11) is 0. The van der Waals surface area contributed by atoms with Crippen molar-refractivity contribution >= 4 is 17.5 Å². The molecule has 1 saturated carbocycles. The third-order valence-electron chi connectivity index (χ3n) is 4.07. The largest absolute Gasteiger partial charge is 0.299 e. The lowest BCUT2D eigenvalue weighted by Crippen LogP contribution is -2.57. The fourth-order valence-electron chi connectivity index (χ4n) is 2.81. The second-order valence-corrected chi connectivity index (χ2v) is 7.80. The van der Waals surface area contributed by atoms with Gasteiger partial charge in [0.2, 0.25) is 0 Å². The van der Waals surface area contributed by atoms with Crippen LogP contribution in [0, 0.1) is 11.3 Å². The van der Waals surface area contributed by atoms with Gasteiger partial charge in [-0.25, -0.2) is 0 Å². The highest BCUT2D eigenvalue weighted by Crippen LogP contribution is 2.62. The van der Waals surface area contributed by atoms with Crippen LogP contribution < -0.4 is 0 Å². The van der Waals surface area contributed by atoms with Gasteiger partial charge in [0, 0.05) is 27.8 Å². The van der Waals surface area contributed by atoms with Crippen LogP contribution in [0.3, 0.4) is 0 Å². The summed E-state index contributed by atoms with van der Waals surface area (Å²) in [6.45, 7) is 12.8. The van der Waals surface area contributed by atoms with Crippen LogP contribution >= 0.6 is 11.8 Å². The standard InChI is InChI=1S/C13H20OS/c1-8(2)13(5)6-9-10(14)7-12(3,4)15-11(9)13/h9,11H,1,6-7H2,2-5H3/t9-,11+,13-/m0/s1. The molecule has 2 aliphatic rings. The molecule has 3 atom stereocenters. The quantitative estimate of drug-likeness (QED) is 0.635. The molecule has 15 heavy (non-hydrogen) atoms. The van der Waals surface area contributed by atoms with Crippen LogP contribution in [0.2, 0.25) is 0 Å². The van der Waals surface area contributed by atoms with Crippen molar-refractivity contribution in [3.63, 3.8) is 0 Å². The van der Waals surface area contributed by atoms with E-state index in [-0.39, 0.29) is 10.2 Å². The lowest BCUT2D eigenvalue weighted by Gasteiger charge is -2.58. The van der Waals surface area contributed by atoms with Crippen LogP contribution in [0.15, 0.2) is 12.2 Å². The van der Waals surface area contributed by atoms with Crippen LogP contribution in [0.4, 0.5) is 0 Å². The highest BCUT2D eigenvalue weighted by Gasteiger charge is 2.58. The summed E-state index contributed by atoms with van der Waals surface area (Å²) in [4.78, 5) is 11.9. The average molecular weight is 224 g/mol. The first-order chi connectivity index (χ1) is 6.76. The average Bonchev–Trinajstić information content (AvgIpc) is 2.07. The van der Waals surface area contributed by atoms with Gasteiger partial charge in [-0.1, -0.05) is 32.9 Å². The molecule has 0 aromatic carbocycles. The molecule has 0 amide bonds. The maximum atomic E-state index is 11.9. The molecule has 0 N–H and O–H groups in total. The van der Waals surface area contributed by atoms with Gasteiger partial charge in [-0.15, -0.1) is 0 Å². The Morgan fingerprint density at radius 3 is 2.60 bits per heavy atom. The third-order valence-corrected chi connectivity index (χ3v) is 5.96. The maximum absolute atomic E-state index is 11.9. The monoisotopic (exact) mass is 224 g/mol. The van der Waals surface area contributed by atoms with Gasteiger partial charge in [-0.3, -0.25) is 4.79 Å². The van der Waals surface area contributed by atoms with Crippen molar-refractivity contribution in [2.45, 2.75) is 50.5 Å². The Balaban J connectivity index is 2.23. The van der Waals surface area contributed by atoms with Crippen molar-refractivity contribution in [1.82, 2.24) is 0 Å². The minimum Gasteiger partial charge on any atom is -0.299 e. The summed E-state index contributed by atoms with van der Waals surface area (Å²) in [5.41, 5.74) is 1.43. The van der Waals surface area contributed by atoms with Crippen LogP contribution in [0.25, 0.3) is 0 Å². The second-order valence-electron chi connectivity index (χ2n) is 5.95. The van der Waals surface area contributed by atoms with Crippen LogP contribution in [-0.2, 0) is 4.79 Å². The SMILES string of the molecule is C=C(C)[C@]1(C)C[C@H]2C(=O)CC(C)(C)S[C@H]21. The van der Waals surface area contributed by atoms with Crippen molar-refractivity contribution in [3.8, 4) is 0 Å². The Morgan fingerprint density at radius 1 is 1.47 bits per heavy atom. The lowest BCUT2D eigenvalue weighted by atomic mass is 9.57. The fraction of sp³-hybridized carbons (Fsp3) is 0.769. The topological polar surface area (TPSA) is 17.1 Å². The summed E-state index contributed by atoms with van der Waals surface area (Å²) >= 11 is 2.00. The highest BCUT2D eigenvalue weighted by atomic mass is 32.2. The minimum atomic E-state index is 0.120. The number of hydrogen-bond acceptors (Lipinski definition) is 2. The molecule has 0 bridgehead atoms. The number of hydrogen-bond donors (Lipinski definition) is 0. The third kappa shape index (κ3) is 1.57. The number of ketones is 1. The Kier molecular flexibility index (Phi) is 2.35. The number of allylic oxidation sites excluding steroid dienone is 1. The maximum Gasteiger partial charge on any atom is 0.138 e. The predicted molar refractivity (Wildman–Crippen MR) is 66.1 cm³/mol. The molecule has 0 radical (unpaired) electrons. The predicted octanol–water partition coefficient (Wildman–Crippen LogP) is 3.44.